The summed E-state index contributed by atoms with van der Waals surface area (Å²) in [6.07, 6.45) is 0.865. The van der Waals surface area contributed by atoms with Crippen molar-refractivity contribution in [2.24, 2.45) is 0 Å². The Morgan fingerprint density at radius 1 is 1.04 bits per heavy atom. The highest BCUT2D eigenvalue weighted by molar-refractivity contribution is 5.77. The molecule has 0 unspecified atom stereocenters. The fourth-order valence-corrected chi connectivity index (χ4v) is 2.27. The van der Waals surface area contributed by atoms with E-state index in [1.54, 1.807) is 0 Å². The summed E-state index contributed by atoms with van der Waals surface area (Å²) in [4.78, 5) is 11.8. The van der Waals surface area contributed by atoms with Crippen molar-refractivity contribution in [3.63, 3.8) is 0 Å². The predicted octanol–water partition coefficient (Wildman–Crippen LogP) is 3.81. The van der Waals surface area contributed by atoms with Crippen molar-refractivity contribution in [2.75, 3.05) is 25.0 Å². The van der Waals surface area contributed by atoms with Crippen molar-refractivity contribution in [1.82, 2.24) is 5.32 Å². The first-order valence-electron chi connectivity index (χ1n) is 8.43. The second-order valence-corrected chi connectivity index (χ2v) is 6.01. The van der Waals surface area contributed by atoms with Gasteiger partial charge in [0.1, 0.15) is 5.75 Å². The number of anilines is 1. The molecule has 4 nitrogen and oxygen atoms in total. The minimum absolute atomic E-state index is 0.0493. The number of amides is 1. The smallest absolute Gasteiger partial charge is 0.257 e. The Morgan fingerprint density at radius 2 is 1.83 bits per heavy atom. The molecule has 0 spiro atoms. The Kier molecular flexibility index (Phi) is 7.15. The predicted molar refractivity (Wildman–Crippen MR) is 98.6 cm³/mol. The Morgan fingerprint density at radius 3 is 2.58 bits per heavy atom. The highest BCUT2D eigenvalue weighted by atomic mass is 16.5. The van der Waals surface area contributed by atoms with Gasteiger partial charge in [0.15, 0.2) is 6.61 Å². The van der Waals surface area contributed by atoms with Gasteiger partial charge in [-0.2, -0.15) is 0 Å². The van der Waals surface area contributed by atoms with Crippen LogP contribution in [0, 0.1) is 0 Å². The lowest BCUT2D eigenvalue weighted by Gasteiger charge is -2.10. The second kappa shape index (κ2) is 9.60. The molecule has 24 heavy (non-hydrogen) atoms. The van der Waals surface area contributed by atoms with Gasteiger partial charge in [-0.1, -0.05) is 44.2 Å². The summed E-state index contributed by atoms with van der Waals surface area (Å²) < 4.78 is 5.56. The molecule has 0 aliphatic carbocycles. The van der Waals surface area contributed by atoms with Gasteiger partial charge in [-0.15, -0.1) is 0 Å². The standard InChI is InChI=1S/C20H26N2O2/c1-16(2)17-8-6-11-19(14-17)24-15-20(23)22-13-7-12-21-18-9-4-3-5-10-18/h3-6,8-11,14,16,21H,7,12-13,15H2,1-2H3,(H,22,23). The Bertz CT molecular complexity index is 627. The average molecular weight is 326 g/mol. The Balaban J connectivity index is 1.60. The molecule has 0 aliphatic heterocycles. The maximum absolute atomic E-state index is 11.8. The van der Waals surface area contributed by atoms with Gasteiger partial charge in [0.25, 0.3) is 5.91 Å². The largest absolute Gasteiger partial charge is 0.484 e. The van der Waals surface area contributed by atoms with E-state index in [-0.39, 0.29) is 12.5 Å². The van der Waals surface area contributed by atoms with E-state index in [0.29, 0.717) is 12.5 Å². The third kappa shape index (κ3) is 6.32. The number of hydrogen-bond donors (Lipinski definition) is 2. The summed E-state index contributed by atoms with van der Waals surface area (Å²) in [5, 5.41) is 6.18. The molecule has 0 atom stereocenters. The van der Waals surface area contributed by atoms with E-state index >= 15 is 0 Å². The monoisotopic (exact) mass is 326 g/mol. The molecule has 0 saturated heterocycles. The van der Waals surface area contributed by atoms with E-state index in [2.05, 4.69) is 30.5 Å². The van der Waals surface area contributed by atoms with E-state index in [1.165, 1.54) is 5.56 Å². The van der Waals surface area contributed by atoms with E-state index < -0.39 is 0 Å². The summed E-state index contributed by atoms with van der Waals surface area (Å²) in [7, 11) is 0. The van der Waals surface area contributed by atoms with E-state index in [9.17, 15) is 4.79 Å². The van der Waals surface area contributed by atoms with Crippen LogP contribution in [0.1, 0.15) is 31.7 Å². The molecule has 1 amide bonds. The van der Waals surface area contributed by atoms with Crippen molar-refractivity contribution in [3.05, 3.63) is 60.2 Å². The van der Waals surface area contributed by atoms with Gasteiger partial charge in [-0.05, 0) is 42.2 Å². The van der Waals surface area contributed by atoms with Crippen molar-refractivity contribution in [2.45, 2.75) is 26.2 Å². The molecule has 0 radical (unpaired) electrons. The quantitative estimate of drug-likeness (QED) is 0.689. The van der Waals surface area contributed by atoms with Gasteiger partial charge < -0.3 is 15.4 Å². The minimum atomic E-state index is -0.0929. The van der Waals surface area contributed by atoms with Gasteiger partial charge >= 0.3 is 0 Å². The summed E-state index contributed by atoms with van der Waals surface area (Å²) in [6.45, 7) is 5.77. The Labute approximate surface area is 144 Å². The average Bonchev–Trinajstić information content (AvgIpc) is 2.61. The van der Waals surface area contributed by atoms with Gasteiger partial charge in [-0.3, -0.25) is 4.79 Å². The lowest BCUT2D eigenvalue weighted by Crippen LogP contribution is -2.30. The third-order valence-corrected chi connectivity index (χ3v) is 3.67. The number of carbonyl (C=O) groups excluding carboxylic acids is 1. The SMILES string of the molecule is CC(C)c1cccc(OCC(=O)NCCCNc2ccccc2)c1. The Hall–Kier alpha value is -2.49. The number of nitrogens with one attached hydrogen (secondary N) is 2. The number of benzene rings is 2. The molecule has 4 heteroatoms. The number of rotatable bonds is 9. The number of hydrogen-bond acceptors (Lipinski definition) is 3. The van der Waals surface area contributed by atoms with Crippen LogP contribution in [0.15, 0.2) is 54.6 Å². The molecule has 0 fully saturated rings. The molecule has 2 rings (SSSR count). The highest BCUT2D eigenvalue weighted by Gasteiger charge is 2.04. The van der Waals surface area contributed by atoms with Crippen LogP contribution >= 0.6 is 0 Å². The van der Waals surface area contributed by atoms with Crippen molar-refractivity contribution in [1.29, 1.82) is 0 Å². The summed E-state index contributed by atoms with van der Waals surface area (Å²) in [5.41, 5.74) is 2.30. The fraction of sp³-hybridized carbons (Fsp3) is 0.350. The molecule has 2 aromatic carbocycles. The van der Waals surface area contributed by atoms with Crippen LogP contribution in [-0.4, -0.2) is 25.6 Å². The molecule has 2 aromatic rings. The maximum atomic E-state index is 11.8. The van der Waals surface area contributed by atoms with E-state index in [0.717, 1.165) is 24.4 Å². The second-order valence-electron chi connectivity index (χ2n) is 6.01. The molecule has 0 saturated carbocycles. The molecule has 128 valence electrons. The molecule has 0 heterocycles. The van der Waals surface area contributed by atoms with Crippen LogP contribution < -0.4 is 15.4 Å². The first-order chi connectivity index (χ1) is 11.6. The summed E-state index contributed by atoms with van der Waals surface area (Å²) >= 11 is 0. The lowest BCUT2D eigenvalue weighted by atomic mass is 10.0. The topological polar surface area (TPSA) is 50.4 Å². The zero-order valence-corrected chi connectivity index (χ0v) is 14.4. The van der Waals surface area contributed by atoms with Crippen LogP contribution in [0.5, 0.6) is 5.75 Å². The van der Waals surface area contributed by atoms with Gasteiger partial charge in [-0.25, -0.2) is 0 Å². The number of carbonyl (C=O) groups is 1. The molecule has 0 aliphatic rings. The van der Waals surface area contributed by atoms with Crippen LogP contribution in [0.2, 0.25) is 0 Å². The van der Waals surface area contributed by atoms with Gasteiger partial charge in [0, 0.05) is 18.8 Å². The van der Waals surface area contributed by atoms with Crippen LogP contribution in [0.4, 0.5) is 5.69 Å². The third-order valence-electron chi connectivity index (χ3n) is 3.67. The first-order valence-corrected chi connectivity index (χ1v) is 8.43. The zero-order valence-electron chi connectivity index (χ0n) is 14.4. The first kappa shape index (κ1) is 17.9. The number of para-hydroxylation sites is 1. The molecule has 0 bridgehead atoms. The summed E-state index contributed by atoms with van der Waals surface area (Å²) in [5.74, 6) is 1.09. The van der Waals surface area contributed by atoms with Crippen molar-refractivity contribution in [3.8, 4) is 5.75 Å². The van der Waals surface area contributed by atoms with Crippen LogP contribution in [0.25, 0.3) is 0 Å². The molecular weight excluding hydrogens is 300 g/mol. The molecular formula is C20H26N2O2. The highest BCUT2D eigenvalue weighted by Crippen LogP contribution is 2.19. The van der Waals surface area contributed by atoms with Crippen molar-refractivity contribution >= 4 is 11.6 Å². The molecule has 0 aromatic heterocycles. The normalized spacial score (nSPS) is 10.5. The maximum Gasteiger partial charge on any atom is 0.257 e. The summed E-state index contributed by atoms with van der Waals surface area (Å²) in [6, 6.07) is 17.9. The minimum Gasteiger partial charge on any atom is -0.484 e. The zero-order chi connectivity index (χ0) is 17.2. The van der Waals surface area contributed by atoms with Crippen LogP contribution in [0.3, 0.4) is 0 Å². The van der Waals surface area contributed by atoms with Gasteiger partial charge in [0.05, 0.1) is 0 Å². The fourth-order valence-electron chi connectivity index (χ4n) is 2.27. The van der Waals surface area contributed by atoms with E-state index in [1.807, 2.05) is 48.5 Å². The number of ether oxygens (including phenoxy) is 1. The lowest BCUT2D eigenvalue weighted by molar-refractivity contribution is -0.123. The van der Waals surface area contributed by atoms with Crippen molar-refractivity contribution < 1.29 is 9.53 Å². The van der Waals surface area contributed by atoms with Crippen LogP contribution in [-0.2, 0) is 4.79 Å². The van der Waals surface area contributed by atoms with E-state index in [4.69, 9.17) is 4.74 Å². The molecule has 2 N–H and O–H groups in total. The van der Waals surface area contributed by atoms with Gasteiger partial charge in [0.2, 0.25) is 0 Å².